The van der Waals surface area contributed by atoms with E-state index < -0.39 is 11.7 Å². The fraction of sp³-hybridized carbons (Fsp3) is 0.417. The van der Waals surface area contributed by atoms with Crippen LogP contribution in [0.3, 0.4) is 0 Å². The normalized spacial score (nSPS) is 27.8. The molecule has 3 rings (SSSR count). The minimum Gasteiger partial charge on any atom is -0.454 e. The first-order valence-electron chi connectivity index (χ1n) is 5.44. The van der Waals surface area contributed by atoms with Crippen molar-refractivity contribution in [1.29, 1.82) is 0 Å². The lowest BCUT2D eigenvalue weighted by atomic mass is 9.73. The van der Waals surface area contributed by atoms with Crippen LogP contribution in [-0.4, -0.2) is 28.4 Å². The molecule has 1 heterocycles. The number of ether oxygens (including phenoxy) is 2. The molecule has 1 saturated carbocycles. The van der Waals surface area contributed by atoms with Crippen molar-refractivity contribution in [3.05, 3.63) is 23.8 Å². The Hall–Kier alpha value is -1.59. The molecule has 1 fully saturated rings. The molecule has 1 aromatic carbocycles. The van der Waals surface area contributed by atoms with Crippen LogP contribution >= 0.6 is 0 Å². The van der Waals surface area contributed by atoms with Crippen molar-refractivity contribution >= 4 is 5.78 Å². The standard InChI is InChI=1S/C12H12O5/c13-10-3-4-12(10,15)11(14)7-1-2-8-9(5-7)17-6-16-8/h1-2,5,11,14-15H,3-4,6H2. The number of fused-ring (bicyclic) bond motifs is 1. The molecule has 2 unspecified atom stereocenters. The number of aliphatic hydroxyl groups is 2. The number of Topliss-reactive ketones (excluding diaryl/α,β-unsaturated/α-hetero) is 1. The van der Waals surface area contributed by atoms with Gasteiger partial charge in [-0.05, 0) is 24.1 Å². The summed E-state index contributed by atoms with van der Waals surface area (Å²) in [6, 6.07) is 4.88. The predicted octanol–water partition coefficient (Wildman–Crippen LogP) is 0.543. The van der Waals surface area contributed by atoms with Crippen LogP contribution in [0.4, 0.5) is 0 Å². The van der Waals surface area contributed by atoms with E-state index in [4.69, 9.17) is 9.47 Å². The van der Waals surface area contributed by atoms with Crippen molar-refractivity contribution < 1.29 is 24.5 Å². The van der Waals surface area contributed by atoms with Gasteiger partial charge >= 0.3 is 0 Å². The van der Waals surface area contributed by atoms with Gasteiger partial charge < -0.3 is 19.7 Å². The van der Waals surface area contributed by atoms with Gasteiger partial charge in [0.15, 0.2) is 22.9 Å². The van der Waals surface area contributed by atoms with E-state index in [2.05, 4.69) is 0 Å². The molecule has 17 heavy (non-hydrogen) atoms. The molecular formula is C12H12O5. The van der Waals surface area contributed by atoms with Gasteiger partial charge in [0.05, 0.1) is 0 Å². The third kappa shape index (κ3) is 1.43. The second-order valence-electron chi connectivity index (χ2n) is 4.36. The van der Waals surface area contributed by atoms with E-state index in [1.165, 1.54) is 0 Å². The minimum absolute atomic E-state index is 0.151. The molecule has 0 spiro atoms. The van der Waals surface area contributed by atoms with Crippen LogP contribution in [0.1, 0.15) is 24.5 Å². The predicted molar refractivity (Wildman–Crippen MR) is 56.7 cm³/mol. The first-order valence-corrected chi connectivity index (χ1v) is 5.44. The third-order valence-electron chi connectivity index (χ3n) is 3.38. The lowest BCUT2D eigenvalue weighted by molar-refractivity contribution is -0.168. The Morgan fingerprint density at radius 2 is 2.06 bits per heavy atom. The van der Waals surface area contributed by atoms with Crippen molar-refractivity contribution in [1.82, 2.24) is 0 Å². The van der Waals surface area contributed by atoms with E-state index in [0.717, 1.165) is 0 Å². The van der Waals surface area contributed by atoms with Gasteiger partial charge in [0, 0.05) is 6.42 Å². The number of carbonyl (C=O) groups excluding carboxylic acids is 1. The highest BCUT2D eigenvalue weighted by Crippen LogP contribution is 2.42. The van der Waals surface area contributed by atoms with Gasteiger partial charge in [-0.1, -0.05) is 6.07 Å². The average molecular weight is 236 g/mol. The lowest BCUT2D eigenvalue weighted by Crippen LogP contribution is -2.52. The zero-order valence-corrected chi connectivity index (χ0v) is 9.05. The number of ketones is 1. The molecule has 1 aliphatic carbocycles. The van der Waals surface area contributed by atoms with E-state index in [-0.39, 0.29) is 12.6 Å². The fourth-order valence-corrected chi connectivity index (χ4v) is 2.13. The molecule has 2 aliphatic rings. The molecule has 0 saturated heterocycles. The maximum absolute atomic E-state index is 11.3. The van der Waals surface area contributed by atoms with Crippen LogP contribution in [0.25, 0.3) is 0 Å². The summed E-state index contributed by atoms with van der Waals surface area (Å²) < 4.78 is 10.3. The van der Waals surface area contributed by atoms with Gasteiger partial charge in [0.2, 0.25) is 6.79 Å². The van der Waals surface area contributed by atoms with E-state index in [0.29, 0.717) is 29.9 Å². The topological polar surface area (TPSA) is 76.0 Å². The smallest absolute Gasteiger partial charge is 0.231 e. The van der Waals surface area contributed by atoms with Crippen molar-refractivity contribution in [3.8, 4) is 11.5 Å². The number of aliphatic hydroxyl groups excluding tert-OH is 1. The molecule has 90 valence electrons. The fourth-order valence-electron chi connectivity index (χ4n) is 2.13. The maximum atomic E-state index is 11.3. The summed E-state index contributed by atoms with van der Waals surface area (Å²) in [5, 5.41) is 20.0. The maximum Gasteiger partial charge on any atom is 0.231 e. The van der Waals surface area contributed by atoms with Crippen LogP contribution in [0.2, 0.25) is 0 Å². The molecule has 0 amide bonds. The molecule has 5 nitrogen and oxygen atoms in total. The van der Waals surface area contributed by atoms with Crippen LogP contribution in [0.5, 0.6) is 11.5 Å². The van der Waals surface area contributed by atoms with E-state index in [1.807, 2.05) is 0 Å². The summed E-state index contributed by atoms with van der Waals surface area (Å²) >= 11 is 0. The summed E-state index contributed by atoms with van der Waals surface area (Å²) in [4.78, 5) is 11.3. The summed E-state index contributed by atoms with van der Waals surface area (Å²) in [5.74, 6) is 0.812. The molecule has 2 atom stereocenters. The van der Waals surface area contributed by atoms with Crippen molar-refractivity contribution in [2.75, 3.05) is 6.79 Å². The quantitative estimate of drug-likeness (QED) is 0.784. The van der Waals surface area contributed by atoms with Gasteiger partial charge in [-0.15, -0.1) is 0 Å². The molecular weight excluding hydrogens is 224 g/mol. The van der Waals surface area contributed by atoms with Crippen LogP contribution in [-0.2, 0) is 4.79 Å². The van der Waals surface area contributed by atoms with Crippen LogP contribution < -0.4 is 9.47 Å². The van der Waals surface area contributed by atoms with Gasteiger partial charge in [0.1, 0.15) is 6.10 Å². The van der Waals surface area contributed by atoms with Gasteiger partial charge in [-0.25, -0.2) is 0 Å². The largest absolute Gasteiger partial charge is 0.454 e. The number of hydrogen-bond acceptors (Lipinski definition) is 5. The molecule has 2 N–H and O–H groups in total. The minimum atomic E-state index is -1.63. The molecule has 5 heteroatoms. The highest BCUT2D eigenvalue weighted by Gasteiger charge is 2.50. The Labute approximate surface area is 97.6 Å². The van der Waals surface area contributed by atoms with Crippen molar-refractivity contribution in [2.45, 2.75) is 24.5 Å². The monoisotopic (exact) mass is 236 g/mol. The third-order valence-corrected chi connectivity index (χ3v) is 3.38. The highest BCUT2D eigenvalue weighted by molar-refractivity contribution is 5.93. The van der Waals surface area contributed by atoms with E-state index in [1.54, 1.807) is 18.2 Å². The van der Waals surface area contributed by atoms with E-state index >= 15 is 0 Å². The first-order chi connectivity index (χ1) is 8.11. The SMILES string of the molecule is O=C1CCC1(O)C(O)c1ccc2c(c1)OCO2. The number of benzene rings is 1. The van der Waals surface area contributed by atoms with Gasteiger partial charge in [0.25, 0.3) is 0 Å². The zero-order valence-electron chi connectivity index (χ0n) is 9.05. The zero-order chi connectivity index (χ0) is 12.0. The lowest BCUT2D eigenvalue weighted by Gasteiger charge is -2.38. The molecule has 1 aromatic rings. The Bertz CT molecular complexity index is 484. The molecule has 0 radical (unpaired) electrons. The van der Waals surface area contributed by atoms with Gasteiger partial charge in [-0.3, -0.25) is 4.79 Å². The van der Waals surface area contributed by atoms with E-state index in [9.17, 15) is 15.0 Å². The molecule has 0 bridgehead atoms. The van der Waals surface area contributed by atoms with Gasteiger partial charge in [-0.2, -0.15) is 0 Å². The average Bonchev–Trinajstić information content (AvgIpc) is 2.82. The summed E-state index contributed by atoms with van der Waals surface area (Å²) in [6.45, 7) is 0.151. The van der Waals surface area contributed by atoms with Crippen molar-refractivity contribution in [3.63, 3.8) is 0 Å². The van der Waals surface area contributed by atoms with Crippen LogP contribution in [0.15, 0.2) is 18.2 Å². The Morgan fingerprint density at radius 1 is 1.29 bits per heavy atom. The Kier molecular flexibility index (Phi) is 2.14. The summed E-state index contributed by atoms with van der Waals surface area (Å²) in [6.07, 6.45) is -0.599. The van der Waals surface area contributed by atoms with Crippen molar-refractivity contribution in [2.24, 2.45) is 0 Å². The first kappa shape index (κ1) is 10.6. The summed E-state index contributed by atoms with van der Waals surface area (Å²) in [5.41, 5.74) is -1.17. The molecule has 0 aromatic heterocycles. The number of rotatable bonds is 2. The second-order valence-corrected chi connectivity index (χ2v) is 4.36. The Morgan fingerprint density at radius 3 is 2.71 bits per heavy atom. The van der Waals surface area contributed by atoms with Crippen LogP contribution in [0, 0.1) is 0 Å². The highest BCUT2D eigenvalue weighted by atomic mass is 16.7. The number of carbonyl (C=O) groups is 1. The second kappa shape index (κ2) is 3.45. The molecule has 1 aliphatic heterocycles. The number of hydrogen-bond donors (Lipinski definition) is 2. The summed E-state index contributed by atoms with van der Waals surface area (Å²) in [7, 11) is 0. The Balaban J connectivity index is 1.92.